The van der Waals surface area contributed by atoms with Gasteiger partial charge in [-0.15, -0.1) is 0 Å². The number of aromatic nitrogens is 4. The summed E-state index contributed by atoms with van der Waals surface area (Å²) in [6.07, 6.45) is 3.33. The maximum Gasteiger partial charge on any atom is 0.336 e. The number of amides is 1. The number of pyridine rings is 2. The Morgan fingerprint density at radius 2 is 1.68 bits per heavy atom. The predicted octanol–water partition coefficient (Wildman–Crippen LogP) is 6.56. The average Bonchev–Trinajstić information content (AvgIpc) is 3.37. The number of ether oxygens (including phenoxy) is 1. The van der Waals surface area contributed by atoms with Crippen LogP contribution < -0.4 is 5.32 Å². The molecule has 0 aliphatic carbocycles. The lowest BCUT2D eigenvalue weighted by Crippen LogP contribution is -2.38. The van der Waals surface area contributed by atoms with Crippen molar-refractivity contribution in [3.63, 3.8) is 0 Å². The molecule has 4 heterocycles. The van der Waals surface area contributed by atoms with Crippen molar-refractivity contribution in [2.24, 2.45) is 10.9 Å². The van der Waals surface area contributed by atoms with Crippen molar-refractivity contribution < 1.29 is 14.3 Å². The number of halogens is 1. The molecule has 0 bridgehead atoms. The maximum atomic E-state index is 13.9. The number of hydrogen-bond donors (Lipinski definition) is 1. The summed E-state index contributed by atoms with van der Waals surface area (Å²) in [4.78, 5) is 46.0. The van der Waals surface area contributed by atoms with Crippen LogP contribution in [0.1, 0.15) is 36.7 Å². The van der Waals surface area contributed by atoms with Crippen molar-refractivity contribution in [3.8, 4) is 5.69 Å². The first-order valence-corrected chi connectivity index (χ1v) is 14.6. The molecular formula is C34H29ClN6O3. The van der Waals surface area contributed by atoms with Gasteiger partial charge in [0.2, 0.25) is 5.91 Å². The lowest BCUT2D eigenvalue weighted by Gasteiger charge is -2.33. The Bertz CT molecular complexity index is 1930. The summed E-state index contributed by atoms with van der Waals surface area (Å²) in [6, 6.07) is 23.9. The second kappa shape index (κ2) is 12.2. The van der Waals surface area contributed by atoms with Crippen LogP contribution in [-0.4, -0.2) is 43.7 Å². The topological polar surface area (TPSA) is 111 Å². The molecule has 44 heavy (non-hydrogen) atoms. The summed E-state index contributed by atoms with van der Waals surface area (Å²) in [7, 11) is 0. The number of hydrogen-bond acceptors (Lipinski definition) is 7. The minimum atomic E-state index is -0.856. The Morgan fingerprint density at radius 1 is 0.932 bits per heavy atom. The number of benzene rings is 2. The molecule has 0 spiro atoms. The monoisotopic (exact) mass is 604 g/mol. The lowest BCUT2D eigenvalue weighted by atomic mass is 9.74. The molecule has 3 aromatic heterocycles. The highest BCUT2D eigenvalue weighted by Crippen LogP contribution is 2.45. The molecule has 2 unspecified atom stereocenters. The van der Waals surface area contributed by atoms with Crippen LogP contribution in [0.15, 0.2) is 102 Å². The van der Waals surface area contributed by atoms with Crippen LogP contribution >= 0.6 is 11.6 Å². The quantitative estimate of drug-likeness (QED) is 0.210. The number of aliphatic imine (C=N–C) groups is 1. The molecule has 2 aromatic carbocycles. The van der Waals surface area contributed by atoms with Crippen molar-refractivity contribution in [2.75, 3.05) is 11.9 Å². The van der Waals surface area contributed by atoms with Crippen LogP contribution in [0.2, 0.25) is 5.02 Å². The summed E-state index contributed by atoms with van der Waals surface area (Å²) in [5.74, 6) is -1.37. The molecule has 0 radical (unpaired) electrons. The van der Waals surface area contributed by atoms with Gasteiger partial charge in [-0.25, -0.2) is 19.7 Å². The maximum absolute atomic E-state index is 13.9. The van der Waals surface area contributed by atoms with Crippen molar-refractivity contribution in [1.82, 2.24) is 19.5 Å². The minimum Gasteiger partial charge on any atom is -0.463 e. The van der Waals surface area contributed by atoms with E-state index in [4.69, 9.17) is 21.3 Å². The molecule has 1 N–H and O–H groups in total. The van der Waals surface area contributed by atoms with Gasteiger partial charge in [0.05, 0.1) is 23.8 Å². The molecule has 2 atom stereocenters. The van der Waals surface area contributed by atoms with Crippen LogP contribution in [0.5, 0.6) is 0 Å². The van der Waals surface area contributed by atoms with E-state index in [-0.39, 0.29) is 18.1 Å². The number of aryl methyl sites for hydroxylation is 1. The summed E-state index contributed by atoms with van der Waals surface area (Å²) in [5, 5.41) is 3.31. The standard InChI is InChI=1S/C34H29ClN6O3/c1-4-44-34(43)30-29(24-10-5-6-11-25(24)35)28(33(42)40-27-13-7-8-18-36-27)20(2)38-31(30)22-14-16-23(17-15-22)41-21(3)39-26-12-9-19-37-32(26)41/h5-19,28-29H,4H2,1-3H3,(H,36,40,42). The van der Waals surface area contributed by atoms with Crippen LogP contribution in [0.25, 0.3) is 22.5 Å². The van der Waals surface area contributed by atoms with Crippen LogP contribution in [0.3, 0.4) is 0 Å². The van der Waals surface area contributed by atoms with Gasteiger partial charge >= 0.3 is 5.97 Å². The van der Waals surface area contributed by atoms with Crippen molar-refractivity contribution in [1.29, 1.82) is 0 Å². The molecule has 9 nitrogen and oxygen atoms in total. The summed E-state index contributed by atoms with van der Waals surface area (Å²) < 4.78 is 7.55. The van der Waals surface area contributed by atoms with E-state index >= 15 is 0 Å². The molecular weight excluding hydrogens is 576 g/mol. The Kier molecular flexibility index (Phi) is 8.04. The number of fused-ring (bicyclic) bond motifs is 1. The number of anilines is 1. The second-order valence-electron chi connectivity index (χ2n) is 10.3. The summed E-state index contributed by atoms with van der Waals surface area (Å²) >= 11 is 6.74. The number of imidazole rings is 1. The predicted molar refractivity (Wildman–Crippen MR) is 171 cm³/mol. The van der Waals surface area contributed by atoms with E-state index in [1.165, 1.54) is 0 Å². The zero-order valence-electron chi connectivity index (χ0n) is 24.4. The number of carbonyl (C=O) groups is 2. The highest BCUT2D eigenvalue weighted by Gasteiger charge is 2.43. The second-order valence-corrected chi connectivity index (χ2v) is 10.7. The van der Waals surface area contributed by atoms with Gasteiger partial charge in [0.1, 0.15) is 17.2 Å². The van der Waals surface area contributed by atoms with Crippen LogP contribution in [-0.2, 0) is 14.3 Å². The zero-order chi connectivity index (χ0) is 30.8. The SMILES string of the molecule is CCOC(=O)C1=C(c2ccc(-n3c(C)nc4cccnc43)cc2)N=C(C)C(C(=O)Nc2ccccn2)C1c1ccccc1Cl. The number of carbonyl (C=O) groups excluding carboxylic acids is 2. The normalized spacial score (nSPS) is 16.5. The molecule has 0 saturated carbocycles. The Hall–Kier alpha value is -5.15. The molecule has 0 fully saturated rings. The molecule has 220 valence electrons. The number of rotatable bonds is 7. The van der Waals surface area contributed by atoms with Crippen molar-refractivity contribution in [2.45, 2.75) is 26.7 Å². The number of esters is 1. The zero-order valence-corrected chi connectivity index (χ0v) is 25.1. The third-order valence-corrected chi connectivity index (χ3v) is 7.90. The Morgan fingerprint density at radius 3 is 2.41 bits per heavy atom. The fourth-order valence-electron chi connectivity index (χ4n) is 5.66. The van der Waals surface area contributed by atoms with E-state index in [1.807, 2.05) is 66.1 Å². The van der Waals surface area contributed by atoms with Gasteiger partial charge in [0, 0.05) is 40.3 Å². The van der Waals surface area contributed by atoms with E-state index in [0.29, 0.717) is 33.4 Å². The Balaban J connectivity index is 1.50. The first kappa shape index (κ1) is 28.9. The van der Waals surface area contributed by atoms with Gasteiger partial charge < -0.3 is 10.1 Å². The summed E-state index contributed by atoms with van der Waals surface area (Å²) in [6.45, 7) is 5.61. The van der Waals surface area contributed by atoms with E-state index in [2.05, 4.69) is 20.3 Å². The minimum absolute atomic E-state index is 0.150. The van der Waals surface area contributed by atoms with Gasteiger partial charge in [-0.1, -0.05) is 48.0 Å². The summed E-state index contributed by atoms with van der Waals surface area (Å²) in [5.41, 5.74) is 4.91. The number of nitrogens with one attached hydrogen (secondary N) is 1. The smallest absolute Gasteiger partial charge is 0.336 e. The molecule has 1 aliphatic rings. The number of nitrogens with zero attached hydrogens (tertiary/aromatic N) is 5. The van der Waals surface area contributed by atoms with Gasteiger partial charge in [-0.05, 0) is 68.8 Å². The van der Waals surface area contributed by atoms with Gasteiger partial charge in [-0.3, -0.25) is 14.4 Å². The van der Waals surface area contributed by atoms with Crippen LogP contribution in [0, 0.1) is 12.8 Å². The van der Waals surface area contributed by atoms with Crippen LogP contribution in [0.4, 0.5) is 5.82 Å². The highest BCUT2D eigenvalue weighted by atomic mass is 35.5. The largest absolute Gasteiger partial charge is 0.463 e. The fraction of sp³-hybridized carbons (Fsp3) is 0.176. The van der Waals surface area contributed by atoms with Crippen molar-refractivity contribution in [3.05, 3.63) is 119 Å². The molecule has 0 saturated heterocycles. The van der Waals surface area contributed by atoms with Gasteiger partial charge in [0.25, 0.3) is 0 Å². The first-order chi connectivity index (χ1) is 21.4. The van der Waals surface area contributed by atoms with E-state index < -0.39 is 17.8 Å². The Labute approximate surface area is 259 Å². The molecule has 1 aliphatic heterocycles. The molecule has 10 heteroatoms. The lowest BCUT2D eigenvalue weighted by molar-refractivity contribution is -0.138. The highest BCUT2D eigenvalue weighted by molar-refractivity contribution is 6.31. The van der Waals surface area contributed by atoms with Gasteiger partial charge in [-0.2, -0.15) is 0 Å². The fourth-order valence-corrected chi connectivity index (χ4v) is 5.91. The first-order valence-electron chi connectivity index (χ1n) is 14.2. The average molecular weight is 605 g/mol. The molecule has 5 aromatic rings. The van der Waals surface area contributed by atoms with E-state index in [0.717, 1.165) is 22.7 Å². The van der Waals surface area contributed by atoms with E-state index in [1.54, 1.807) is 50.5 Å². The van der Waals surface area contributed by atoms with Gasteiger partial charge in [0.15, 0.2) is 5.65 Å². The molecule has 1 amide bonds. The van der Waals surface area contributed by atoms with E-state index in [9.17, 15) is 9.59 Å². The van der Waals surface area contributed by atoms with Crippen molar-refractivity contribution >= 4 is 51.9 Å². The molecule has 6 rings (SSSR count). The third kappa shape index (κ3) is 5.38. The third-order valence-electron chi connectivity index (χ3n) is 7.55.